The van der Waals surface area contributed by atoms with Gasteiger partial charge in [0, 0.05) is 17.3 Å². The van der Waals surface area contributed by atoms with Gasteiger partial charge in [-0.25, -0.2) is 9.37 Å². The Labute approximate surface area is 110 Å². The van der Waals surface area contributed by atoms with Crippen molar-refractivity contribution >= 4 is 11.3 Å². The number of hydrogen-bond acceptors (Lipinski definition) is 4. The van der Waals surface area contributed by atoms with Gasteiger partial charge < -0.3 is 5.73 Å². The van der Waals surface area contributed by atoms with E-state index in [9.17, 15) is 4.39 Å². The molecule has 0 spiro atoms. The molecule has 18 heavy (non-hydrogen) atoms. The van der Waals surface area contributed by atoms with Crippen molar-refractivity contribution in [3.8, 4) is 11.4 Å². The van der Waals surface area contributed by atoms with Crippen LogP contribution in [-0.2, 0) is 6.42 Å². The number of aryl methyl sites for hydroxylation is 1. The van der Waals surface area contributed by atoms with Crippen molar-refractivity contribution in [3.05, 3.63) is 34.0 Å². The van der Waals surface area contributed by atoms with Crippen LogP contribution in [0.3, 0.4) is 0 Å². The molecule has 96 valence electrons. The van der Waals surface area contributed by atoms with Crippen LogP contribution in [0.1, 0.15) is 23.2 Å². The predicted octanol–water partition coefficient (Wildman–Crippen LogP) is 2.93. The van der Waals surface area contributed by atoms with E-state index in [4.69, 9.17) is 5.73 Å². The van der Waals surface area contributed by atoms with E-state index in [1.54, 1.807) is 17.4 Å². The van der Waals surface area contributed by atoms with Crippen molar-refractivity contribution in [2.24, 2.45) is 5.73 Å². The third kappa shape index (κ3) is 2.91. The molecule has 1 unspecified atom stereocenters. The maximum absolute atomic E-state index is 12.8. The van der Waals surface area contributed by atoms with Gasteiger partial charge in [0.15, 0.2) is 0 Å². The van der Waals surface area contributed by atoms with Crippen molar-refractivity contribution < 1.29 is 4.39 Å². The normalized spacial score (nSPS) is 12.7. The number of thiazole rings is 1. The molecule has 0 aliphatic heterocycles. The average molecular weight is 265 g/mol. The first-order chi connectivity index (χ1) is 8.60. The Hall–Kier alpha value is -1.33. The van der Waals surface area contributed by atoms with E-state index in [0.717, 1.165) is 28.4 Å². The van der Waals surface area contributed by atoms with Gasteiger partial charge in [-0.05, 0) is 25.5 Å². The van der Waals surface area contributed by atoms with Gasteiger partial charge in [0.05, 0.1) is 16.9 Å². The molecular formula is C13H16FN3S. The molecule has 2 N–H and O–H groups in total. The third-order valence-electron chi connectivity index (χ3n) is 2.77. The fourth-order valence-corrected chi connectivity index (χ4v) is 2.70. The van der Waals surface area contributed by atoms with Gasteiger partial charge in [-0.15, -0.1) is 11.3 Å². The molecule has 0 saturated carbocycles. The number of halogens is 1. The smallest absolute Gasteiger partial charge is 0.141 e. The lowest BCUT2D eigenvalue weighted by molar-refractivity contribution is 0.621. The molecule has 0 saturated heterocycles. The van der Waals surface area contributed by atoms with Crippen molar-refractivity contribution in [2.45, 2.75) is 32.7 Å². The topological polar surface area (TPSA) is 51.8 Å². The van der Waals surface area contributed by atoms with Gasteiger partial charge in [-0.3, -0.25) is 4.98 Å². The molecule has 0 aliphatic rings. The van der Waals surface area contributed by atoms with Gasteiger partial charge in [0.25, 0.3) is 0 Å². The largest absolute Gasteiger partial charge is 0.327 e. The van der Waals surface area contributed by atoms with E-state index in [1.165, 1.54) is 12.3 Å². The van der Waals surface area contributed by atoms with Crippen LogP contribution in [0.25, 0.3) is 11.4 Å². The summed E-state index contributed by atoms with van der Waals surface area (Å²) in [5.41, 5.74) is 7.47. The van der Waals surface area contributed by atoms with Gasteiger partial charge >= 0.3 is 0 Å². The Morgan fingerprint density at radius 3 is 2.83 bits per heavy atom. The molecule has 2 rings (SSSR count). The highest BCUT2D eigenvalue weighted by Gasteiger charge is 2.12. The molecular weight excluding hydrogens is 249 g/mol. The molecule has 1 atom stereocenters. The van der Waals surface area contributed by atoms with Gasteiger partial charge in [-0.1, -0.05) is 6.92 Å². The van der Waals surface area contributed by atoms with Gasteiger partial charge in [0.1, 0.15) is 11.5 Å². The summed E-state index contributed by atoms with van der Waals surface area (Å²) in [4.78, 5) is 9.70. The summed E-state index contributed by atoms with van der Waals surface area (Å²) in [7, 11) is 0. The summed E-state index contributed by atoms with van der Waals surface area (Å²) in [6.45, 7) is 4.06. The van der Waals surface area contributed by atoms with Crippen LogP contribution in [-0.4, -0.2) is 16.0 Å². The standard InChI is InChI=1S/C13H16FN3S/c1-3-10(15)6-12-17-13(8(2)18-12)11-5-4-9(14)7-16-11/h4-5,7,10H,3,6,15H2,1-2H3. The van der Waals surface area contributed by atoms with Gasteiger partial charge in [-0.2, -0.15) is 0 Å². The first kappa shape index (κ1) is 13.1. The zero-order valence-electron chi connectivity index (χ0n) is 10.5. The number of rotatable bonds is 4. The number of aromatic nitrogens is 2. The molecule has 2 aromatic heterocycles. The molecule has 2 aromatic rings. The lowest BCUT2D eigenvalue weighted by Crippen LogP contribution is -2.21. The minimum Gasteiger partial charge on any atom is -0.327 e. The number of hydrogen-bond donors (Lipinski definition) is 1. The minimum atomic E-state index is -0.333. The van der Waals surface area contributed by atoms with E-state index in [0.29, 0.717) is 5.69 Å². The fourth-order valence-electron chi connectivity index (χ4n) is 1.66. The van der Waals surface area contributed by atoms with Crippen molar-refractivity contribution in [3.63, 3.8) is 0 Å². The molecule has 0 fully saturated rings. The number of nitrogens with two attached hydrogens (primary N) is 1. The van der Waals surface area contributed by atoms with E-state index in [2.05, 4.69) is 16.9 Å². The Kier molecular flexibility index (Phi) is 4.04. The van der Waals surface area contributed by atoms with E-state index >= 15 is 0 Å². The van der Waals surface area contributed by atoms with Crippen molar-refractivity contribution in [1.82, 2.24) is 9.97 Å². The zero-order valence-corrected chi connectivity index (χ0v) is 11.3. The van der Waals surface area contributed by atoms with Crippen LogP contribution >= 0.6 is 11.3 Å². The Morgan fingerprint density at radius 1 is 1.44 bits per heavy atom. The molecule has 0 bridgehead atoms. The highest BCUT2D eigenvalue weighted by molar-refractivity contribution is 7.12. The minimum absolute atomic E-state index is 0.143. The molecule has 0 radical (unpaired) electrons. The summed E-state index contributed by atoms with van der Waals surface area (Å²) in [6.07, 6.45) is 2.93. The van der Waals surface area contributed by atoms with Crippen LogP contribution in [0.4, 0.5) is 4.39 Å². The Bertz CT molecular complexity index is 522. The highest BCUT2D eigenvalue weighted by atomic mass is 32.1. The van der Waals surface area contributed by atoms with Crippen LogP contribution in [0.5, 0.6) is 0 Å². The summed E-state index contributed by atoms with van der Waals surface area (Å²) in [5.74, 6) is -0.333. The number of nitrogens with zero attached hydrogens (tertiary/aromatic N) is 2. The van der Waals surface area contributed by atoms with E-state index in [-0.39, 0.29) is 11.9 Å². The predicted molar refractivity (Wildman–Crippen MR) is 72.0 cm³/mol. The SMILES string of the molecule is CCC(N)Cc1nc(-c2ccc(F)cn2)c(C)s1. The second-order valence-corrected chi connectivity index (χ2v) is 5.53. The highest BCUT2D eigenvalue weighted by Crippen LogP contribution is 2.26. The second kappa shape index (κ2) is 5.54. The molecule has 0 aliphatic carbocycles. The summed E-state index contributed by atoms with van der Waals surface area (Å²) in [6, 6.07) is 3.20. The first-order valence-electron chi connectivity index (χ1n) is 5.94. The van der Waals surface area contributed by atoms with E-state index in [1.807, 2.05) is 6.92 Å². The fraction of sp³-hybridized carbons (Fsp3) is 0.385. The molecule has 2 heterocycles. The van der Waals surface area contributed by atoms with Crippen molar-refractivity contribution in [2.75, 3.05) is 0 Å². The third-order valence-corrected chi connectivity index (χ3v) is 3.77. The van der Waals surface area contributed by atoms with Crippen LogP contribution < -0.4 is 5.73 Å². The average Bonchev–Trinajstić information content (AvgIpc) is 2.71. The van der Waals surface area contributed by atoms with Crippen LogP contribution in [0.2, 0.25) is 0 Å². The lowest BCUT2D eigenvalue weighted by Gasteiger charge is -2.04. The van der Waals surface area contributed by atoms with Gasteiger partial charge in [0.2, 0.25) is 0 Å². The Morgan fingerprint density at radius 2 is 2.22 bits per heavy atom. The molecule has 0 aromatic carbocycles. The maximum atomic E-state index is 12.8. The summed E-state index contributed by atoms with van der Waals surface area (Å²) >= 11 is 1.63. The molecule has 0 amide bonds. The van der Waals surface area contributed by atoms with E-state index < -0.39 is 0 Å². The number of pyridine rings is 1. The molecule has 5 heteroatoms. The lowest BCUT2D eigenvalue weighted by atomic mass is 10.2. The monoisotopic (exact) mass is 265 g/mol. The van der Waals surface area contributed by atoms with Crippen LogP contribution in [0, 0.1) is 12.7 Å². The van der Waals surface area contributed by atoms with Crippen molar-refractivity contribution in [1.29, 1.82) is 0 Å². The second-order valence-electron chi connectivity index (χ2n) is 4.25. The zero-order chi connectivity index (χ0) is 13.1. The quantitative estimate of drug-likeness (QED) is 0.924. The van der Waals surface area contributed by atoms with Crippen LogP contribution in [0.15, 0.2) is 18.3 Å². The summed E-state index contributed by atoms with van der Waals surface area (Å²) in [5, 5.41) is 1.02. The first-order valence-corrected chi connectivity index (χ1v) is 6.75. The Balaban J connectivity index is 2.26. The summed E-state index contributed by atoms with van der Waals surface area (Å²) < 4.78 is 12.8. The molecule has 3 nitrogen and oxygen atoms in total. The maximum Gasteiger partial charge on any atom is 0.141 e.